The lowest BCUT2D eigenvalue weighted by Crippen LogP contribution is -2.29. The van der Waals surface area contributed by atoms with Crippen molar-refractivity contribution in [2.45, 2.75) is 19.9 Å². The minimum atomic E-state index is -0.521. The Hall–Kier alpha value is -3.72. The second kappa shape index (κ2) is 7.84. The van der Waals surface area contributed by atoms with E-state index in [1.54, 1.807) is 22.9 Å². The maximum Gasteiger partial charge on any atom is 0.338 e. The summed E-state index contributed by atoms with van der Waals surface area (Å²) in [6, 6.07) is 13.4. The Morgan fingerprint density at radius 3 is 2.81 bits per heavy atom. The van der Waals surface area contributed by atoms with E-state index >= 15 is 0 Å². The number of para-hydroxylation sites is 1. The lowest BCUT2D eigenvalue weighted by atomic mass is 9.95. The van der Waals surface area contributed by atoms with Crippen molar-refractivity contribution in [1.29, 1.82) is 0 Å². The third kappa shape index (κ3) is 3.32. The van der Waals surface area contributed by atoms with Crippen molar-refractivity contribution in [3.05, 3.63) is 77.2 Å². The second-order valence-electron chi connectivity index (χ2n) is 7.01. The highest BCUT2D eigenvalue weighted by atomic mass is 32.1. The van der Waals surface area contributed by atoms with Crippen molar-refractivity contribution >= 4 is 23.3 Å². The topological polar surface area (TPSA) is 86.9 Å². The summed E-state index contributed by atoms with van der Waals surface area (Å²) in [7, 11) is 0. The van der Waals surface area contributed by atoms with E-state index in [0.717, 1.165) is 21.8 Å². The molecule has 0 radical (unpaired) electrons. The van der Waals surface area contributed by atoms with E-state index in [1.807, 2.05) is 65.6 Å². The fourth-order valence-corrected chi connectivity index (χ4v) is 4.49. The fourth-order valence-electron chi connectivity index (χ4n) is 3.76. The van der Waals surface area contributed by atoms with Gasteiger partial charge >= 0.3 is 5.97 Å². The van der Waals surface area contributed by atoms with Gasteiger partial charge in [0.1, 0.15) is 18.1 Å². The average molecular weight is 433 g/mol. The van der Waals surface area contributed by atoms with Crippen LogP contribution in [0.3, 0.4) is 0 Å². The Balaban J connectivity index is 1.74. The van der Waals surface area contributed by atoms with Crippen molar-refractivity contribution in [1.82, 2.24) is 24.5 Å². The number of anilines is 1. The van der Waals surface area contributed by atoms with Crippen molar-refractivity contribution < 1.29 is 9.53 Å². The highest BCUT2D eigenvalue weighted by Crippen LogP contribution is 2.40. The van der Waals surface area contributed by atoms with Crippen LogP contribution >= 0.6 is 11.3 Å². The molecule has 0 bridgehead atoms. The summed E-state index contributed by atoms with van der Waals surface area (Å²) >= 11 is 1.60. The van der Waals surface area contributed by atoms with E-state index in [1.165, 1.54) is 6.33 Å². The lowest BCUT2D eigenvalue weighted by Gasteiger charge is -2.27. The maximum atomic E-state index is 13.0. The molecule has 5 rings (SSSR count). The SMILES string of the molecule is CCOC(=O)C1=C(C)Nc2ncnn2C1c1cn(-c2ccccc2)nc1-c1cccs1. The summed E-state index contributed by atoms with van der Waals surface area (Å²) < 4.78 is 8.94. The molecule has 1 unspecified atom stereocenters. The number of esters is 1. The number of ether oxygens (including phenoxy) is 1. The first-order chi connectivity index (χ1) is 15.2. The molecule has 8 nitrogen and oxygen atoms in total. The Labute approximate surface area is 182 Å². The minimum Gasteiger partial charge on any atom is -0.463 e. The molecule has 1 N–H and O–H groups in total. The molecule has 0 saturated heterocycles. The highest BCUT2D eigenvalue weighted by Gasteiger charge is 2.37. The standard InChI is InChI=1S/C22H20N6O2S/c1-3-30-21(29)18-14(2)25-22-23-13-24-28(22)20(18)16-12-27(15-8-5-4-6-9-15)26-19(16)17-10-7-11-31-17/h4-13,20H,3H2,1-2H3,(H,23,24,25). The predicted molar refractivity (Wildman–Crippen MR) is 118 cm³/mol. The molecule has 0 aliphatic carbocycles. The van der Waals surface area contributed by atoms with Crippen LogP contribution in [0.15, 0.2) is 71.6 Å². The molecule has 3 aromatic heterocycles. The van der Waals surface area contributed by atoms with Crippen LogP contribution < -0.4 is 5.32 Å². The van der Waals surface area contributed by atoms with Gasteiger partial charge in [0, 0.05) is 17.5 Å². The zero-order valence-corrected chi connectivity index (χ0v) is 17.8. The third-order valence-electron chi connectivity index (χ3n) is 5.10. The molecule has 4 aromatic rings. The second-order valence-corrected chi connectivity index (χ2v) is 7.95. The maximum absolute atomic E-state index is 13.0. The van der Waals surface area contributed by atoms with E-state index in [9.17, 15) is 4.79 Å². The molecular formula is C22H20N6O2S. The summed E-state index contributed by atoms with van der Waals surface area (Å²) in [5.74, 6) is 0.184. The van der Waals surface area contributed by atoms with Gasteiger partial charge in [-0.15, -0.1) is 11.3 Å². The zero-order chi connectivity index (χ0) is 21.4. The van der Waals surface area contributed by atoms with Gasteiger partial charge in [-0.3, -0.25) is 0 Å². The number of hydrogen-bond donors (Lipinski definition) is 1. The van der Waals surface area contributed by atoms with Crippen LogP contribution in [0.25, 0.3) is 16.3 Å². The molecule has 0 amide bonds. The number of carbonyl (C=O) groups is 1. The number of carbonyl (C=O) groups excluding carboxylic acids is 1. The van der Waals surface area contributed by atoms with E-state index < -0.39 is 6.04 Å². The third-order valence-corrected chi connectivity index (χ3v) is 5.98. The van der Waals surface area contributed by atoms with Crippen molar-refractivity contribution in [2.75, 3.05) is 11.9 Å². The number of allylic oxidation sites excluding steroid dienone is 1. The van der Waals surface area contributed by atoms with Gasteiger partial charge < -0.3 is 10.1 Å². The average Bonchev–Trinajstić information content (AvgIpc) is 3.53. The number of benzene rings is 1. The first-order valence-electron chi connectivity index (χ1n) is 9.90. The molecule has 0 saturated carbocycles. The Kier molecular flexibility index (Phi) is 4.87. The molecular weight excluding hydrogens is 412 g/mol. The van der Waals surface area contributed by atoms with Gasteiger partial charge in [0.15, 0.2) is 0 Å². The Morgan fingerprint density at radius 2 is 2.06 bits per heavy atom. The summed E-state index contributed by atoms with van der Waals surface area (Å²) in [5, 5.41) is 14.5. The van der Waals surface area contributed by atoms with Gasteiger partial charge in [-0.05, 0) is 37.4 Å². The monoisotopic (exact) mass is 432 g/mol. The molecule has 1 atom stereocenters. The molecule has 1 aliphatic heterocycles. The molecule has 156 valence electrons. The number of nitrogens with zero attached hydrogens (tertiary/aromatic N) is 5. The van der Waals surface area contributed by atoms with Crippen molar-refractivity contribution in [2.24, 2.45) is 0 Å². The smallest absolute Gasteiger partial charge is 0.338 e. The van der Waals surface area contributed by atoms with Gasteiger partial charge in [-0.25, -0.2) is 14.2 Å². The van der Waals surface area contributed by atoms with Crippen LogP contribution in [-0.4, -0.2) is 37.1 Å². The van der Waals surface area contributed by atoms with Gasteiger partial charge in [-0.2, -0.15) is 15.2 Å². The Bertz CT molecular complexity index is 1260. The van der Waals surface area contributed by atoms with Crippen LogP contribution in [0.2, 0.25) is 0 Å². The summed E-state index contributed by atoms with van der Waals surface area (Å²) in [6.45, 7) is 3.93. The van der Waals surface area contributed by atoms with Gasteiger partial charge in [0.25, 0.3) is 0 Å². The number of rotatable bonds is 5. The molecule has 0 spiro atoms. The normalized spacial score (nSPS) is 15.5. The number of nitrogens with one attached hydrogen (secondary N) is 1. The fraction of sp³-hybridized carbons (Fsp3) is 0.182. The van der Waals surface area contributed by atoms with Gasteiger partial charge in [-0.1, -0.05) is 24.3 Å². The summed E-state index contributed by atoms with van der Waals surface area (Å²) in [4.78, 5) is 18.3. The quantitative estimate of drug-likeness (QED) is 0.479. The number of fused-ring (bicyclic) bond motifs is 1. The zero-order valence-electron chi connectivity index (χ0n) is 17.0. The van der Waals surface area contributed by atoms with Crippen molar-refractivity contribution in [3.63, 3.8) is 0 Å². The Morgan fingerprint density at radius 1 is 1.23 bits per heavy atom. The highest BCUT2D eigenvalue weighted by molar-refractivity contribution is 7.13. The van der Waals surface area contributed by atoms with E-state index in [2.05, 4.69) is 15.4 Å². The molecule has 0 fully saturated rings. The van der Waals surface area contributed by atoms with Crippen LogP contribution in [-0.2, 0) is 9.53 Å². The number of thiophene rings is 1. The van der Waals surface area contributed by atoms with Crippen LogP contribution in [0.1, 0.15) is 25.5 Å². The summed E-state index contributed by atoms with van der Waals surface area (Å²) in [6.07, 6.45) is 3.43. The first-order valence-corrected chi connectivity index (χ1v) is 10.8. The predicted octanol–water partition coefficient (Wildman–Crippen LogP) is 4.04. The van der Waals surface area contributed by atoms with Crippen LogP contribution in [0.5, 0.6) is 0 Å². The van der Waals surface area contributed by atoms with E-state index in [-0.39, 0.29) is 12.6 Å². The van der Waals surface area contributed by atoms with Crippen LogP contribution in [0, 0.1) is 0 Å². The molecule has 1 aliphatic rings. The van der Waals surface area contributed by atoms with Crippen LogP contribution in [0.4, 0.5) is 5.95 Å². The van der Waals surface area contributed by atoms with E-state index in [4.69, 9.17) is 9.84 Å². The summed E-state index contributed by atoms with van der Waals surface area (Å²) in [5.41, 5.74) is 3.75. The molecule has 4 heterocycles. The van der Waals surface area contributed by atoms with Crippen molar-refractivity contribution in [3.8, 4) is 16.3 Å². The van der Waals surface area contributed by atoms with Gasteiger partial charge in [0.05, 0.1) is 22.7 Å². The molecule has 9 heteroatoms. The van der Waals surface area contributed by atoms with Gasteiger partial charge in [0.2, 0.25) is 5.95 Å². The number of hydrogen-bond acceptors (Lipinski definition) is 7. The van der Waals surface area contributed by atoms with E-state index in [0.29, 0.717) is 17.2 Å². The molecule has 31 heavy (non-hydrogen) atoms. The first kappa shape index (κ1) is 19.3. The minimum absolute atomic E-state index is 0.285. The molecule has 1 aromatic carbocycles. The largest absolute Gasteiger partial charge is 0.463 e. The number of aromatic nitrogens is 5. The lowest BCUT2D eigenvalue weighted by molar-refractivity contribution is -0.139.